The summed E-state index contributed by atoms with van der Waals surface area (Å²) >= 11 is 1.80. The van der Waals surface area contributed by atoms with E-state index in [1.807, 2.05) is 18.2 Å². The second-order valence-corrected chi connectivity index (χ2v) is 5.01. The second kappa shape index (κ2) is 9.11. The van der Waals surface area contributed by atoms with Crippen LogP contribution in [-0.4, -0.2) is 26.5 Å². The van der Waals surface area contributed by atoms with Crippen molar-refractivity contribution in [3.8, 4) is 11.5 Å². The second-order valence-electron chi connectivity index (χ2n) is 4.02. The number of benzene rings is 1. The number of rotatable bonds is 9. The summed E-state index contributed by atoms with van der Waals surface area (Å²) in [6.07, 6.45) is 3.46. The molecule has 3 nitrogen and oxygen atoms in total. The average Bonchev–Trinajstić information content (AvgIpc) is 2.42. The molecular weight excluding hydrogens is 246 g/mol. The zero-order valence-electron chi connectivity index (χ0n) is 11.5. The molecule has 0 saturated heterocycles. The molecule has 18 heavy (non-hydrogen) atoms. The Morgan fingerprint density at radius 1 is 1.22 bits per heavy atom. The molecule has 102 valence electrons. The first kappa shape index (κ1) is 15.2. The van der Waals surface area contributed by atoms with Gasteiger partial charge in [-0.25, -0.2) is 0 Å². The number of ether oxygens (including phenoxy) is 2. The minimum absolute atomic E-state index is 0.879. The quantitative estimate of drug-likeness (QED) is 0.550. The van der Waals surface area contributed by atoms with Crippen molar-refractivity contribution >= 4 is 11.9 Å². The van der Waals surface area contributed by atoms with Crippen molar-refractivity contribution in [3.63, 3.8) is 0 Å². The minimum Gasteiger partial charge on any atom is -0.497 e. The van der Waals surface area contributed by atoms with Gasteiger partial charge in [0.1, 0.15) is 11.5 Å². The van der Waals surface area contributed by atoms with Gasteiger partial charge in [-0.2, -0.15) is 0 Å². The van der Waals surface area contributed by atoms with E-state index < -0.39 is 0 Å². The van der Waals surface area contributed by atoms with Gasteiger partial charge in [0, 0.05) is 12.3 Å². The average molecular weight is 269 g/mol. The SMILES string of the molecule is CCCCSNCCc1cc(OC)ccc1OC. The van der Waals surface area contributed by atoms with Gasteiger partial charge in [0.15, 0.2) is 0 Å². The van der Waals surface area contributed by atoms with E-state index in [0.717, 1.165) is 24.5 Å². The van der Waals surface area contributed by atoms with Gasteiger partial charge in [0.05, 0.1) is 14.2 Å². The lowest BCUT2D eigenvalue weighted by atomic mass is 10.1. The summed E-state index contributed by atoms with van der Waals surface area (Å²) < 4.78 is 14.0. The molecule has 0 aliphatic rings. The highest BCUT2D eigenvalue weighted by molar-refractivity contribution is 7.97. The number of unbranched alkanes of at least 4 members (excludes halogenated alkanes) is 1. The standard InChI is InChI=1S/C14H23NO2S/c1-4-5-10-18-15-9-8-12-11-13(16-2)6-7-14(12)17-3/h6-7,11,15H,4-5,8-10H2,1-3H3. The fraction of sp³-hybridized carbons (Fsp3) is 0.571. The largest absolute Gasteiger partial charge is 0.497 e. The molecule has 0 heterocycles. The number of nitrogens with one attached hydrogen (secondary N) is 1. The van der Waals surface area contributed by atoms with E-state index in [1.165, 1.54) is 24.2 Å². The van der Waals surface area contributed by atoms with Crippen molar-refractivity contribution in [2.75, 3.05) is 26.5 Å². The molecule has 1 aromatic rings. The van der Waals surface area contributed by atoms with Gasteiger partial charge >= 0.3 is 0 Å². The van der Waals surface area contributed by atoms with Crippen LogP contribution in [0, 0.1) is 0 Å². The highest BCUT2D eigenvalue weighted by Gasteiger charge is 2.04. The molecule has 0 saturated carbocycles. The topological polar surface area (TPSA) is 30.5 Å². The van der Waals surface area contributed by atoms with Crippen molar-refractivity contribution in [2.45, 2.75) is 26.2 Å². The Morgan fingerprint density at radius 2 is 2.06 bits per heavy atom. The molecule has 0 fully saturated rings. The van der Waals surface area contributed by atoms with E-state index in [1.54, 1.807) is 26.2 Å². The highest BCUT2D eigenvalue weighted by Crippen LogP contribution is 2.24. The first-order chi connectivity index (χ1) is 8.81. The van der Waals surface area contributed by atoms with Gasteiger partial charge in [-0.05, 0) is 36.6 Å². The molecule has 1 aromatic carbocycles. The highest BCUT2D eigenvalue weighted by atomic mass is 32.2. The summed E-state index contributed by atoms with van der Waals surface area (Å²) in [6.45, 7) is 3.15. The predicted molar refractivity (Wildman–Crippen MR) is 78.6 cm³/mol. The lowest BCUT2D eigenvalue weighted by Gasteiger charge is -2.10. The molecule has 0 spiro atoms. The van der Waals surface area contributed by atoms with Gasteiger partial charge in [-0.15, -0.1) is 0 Å². The fourth-order valence-corrected chi connectivity index (χ4v) is 2.45. The Labute approximate surface area is 114 Å². The molecule has 0 radical (unpaired) electrons. The summed E-state index contributed by atoms with van der Waals surface area (Å²) in [7, 11) is 3.39. The third kappa shape index (κ3) is 5.19. The molecule has 0 aromatic heterocycles. The van der Waals surface area contributed by atoms with E-state index in [4.69, 9.17) is 9.47 Å². The Bertz CT molecular complexity index is 345. The normalized spacial score (nSPS) is 10.4. The lowest BCUT2D eigenvalue weighted by molar-refractivity contribution is 0.398. The first-order valence-electron chi connectivity index (χ1n) is 6.37. The van der Waals surface area contributed by atoms with E-state index >= 15 is 0 Å². The van der Waals surface area contributed by atoms with Crippen molar-refractivity contribution in [3.05, 3.63) is 23.8 Å². The predicted octanol–water partition coefficient (Wildman–Crippen LogP) is 3.28. The number of hydrogen-bond acceptors (Lipinski definition) is 4. The Hall–Kier alpha value is -0.870. The van der Waals surface area contributed by atoms with Crippen molar-refractivity contribution in [2.24, 2.45) is 0 Å². The third-order valence-corrected chi connectivity index (χ3v) is 3.59. The van der Waals surface area contributed by atoms with E-state index in [0.29, 0.717) is 0 Å². The zero-order chi connectivity index (χ0) is 13.2. The minimum atomic E-state index is 0.879. The van der Waals surface area contributed by atoms with Gasteiger partial charge in [0.2, 0.25) is 0 Å². The van der Waals surface area contributed by atoms with Crippen LogP contribution in [0.5, 0.6) is 11.5 Å². The maximum Gasteiger partial charge on any atom is 0.122 e. The molecule has 0 aliphatic heterocycles. The molecular formula is C14H23NO2S. The molecule has 1 rings (SSSR count). The van der Waals surface area contributed by atoms with Crippen LogP contribution in [0.4, 0.5) is 0 Å². The first-order valence-corrected chi connectivity index (χ1v) is 7.36. The van der Waals surface area contributed by atoms with Gasteiger partial charge in [-0.1, -0.05) is 25.3 Å². The molecule has 0 atom stereocenters. The van der Waals surface area contributed by atoms with Crippen LogP contribution >= 0.6 is 11.9 Å². The van der Waals surface area contributed by atoms with Crippen LogP contribution in [0.15, 0.2) is 18.2 Å². The van der Waals surface area contributed by atoms with E-state index in [2.05, 4.69) is 11.6 Å². The Balaban J connectivity index is 2.39. The Kier molecular flexibility index (Phi) is 7.69. The molecule has 0 aliphatic carbocycles. The Morgan fingerprint density at radius 3 is 2.72 bits per heavy atom. The lowest BCUT2D eigenvalue weighted by Crippen LogP contribution is -2.10. The number of hydrogen-bond donors (Lipinski definition) is 1. The van der Waals surface area contributed by atoms with Gasteiger partial charge in [-0.3, -0.25) is 4.72 Å². The monoisotopic (exact) mass is 269 g/mol. The summed E-state index contributed by atoms with van der Waals surface area (Å²) in [6, 6.07) is 5.92. The number of methoxy groups -OCH3 is 2. The maximum absolute atomic E-state index is 5.35. The van der Waals surface area contributed by atoms with Crippen LogP contribution in [0.1, 0.15) is 25.3 Å². The summed E-state index contributed by atoms with van der Waals surface area (Å²) in [5.74, 6) is 2.98. The third-order valence-electron chi connectivity index (χ3n) is 2.69. The van der Waals surface area contributed by atoms with Crippen LogP contribution in [0.3, 0.4) is 0 Å². The molecule has 0 bridgehead atoms. The van der Waals surface area contributed by atoms with Crippen molar-refractivity contribution in [1.82, 2.24) is 4.72 Å². The summed E-state index contributed by atoms with van der Waals surface area (Å²) in [4.78, 5) is 0. The van der Waals surface area contributed by atoms with Crippen LogP contribution in [0.25, 0.3) is 0 Å². The fourth-order valence-electron chi connectivity index (χ4n) is 1.62. The van der Waals surface area contributed by atoms with E-state index in [9.17, 15) is 0 Å². The van der Waals surface area contributed by atoms with E-state index in [-0.39, 0.29) is 0 Å². The van der Waals surface area contributed by atoms with Crippen molar-refractivity contribution < 1.29 is 9.47 Å². The summed E-state index contributed by atoms with van der Waals surface area (Å²) in [5.41, 5.74) is 1.18. The zero-order valence-corrected chi connectivity index (χ0v) is 12.3. The van der Waals surface area contributed by atoms with Gasteiger partial charge in [0.25, 0.3) is 0 Å². The van der Waals surface area contributed by atoms with Crippen LogP contribution < -0.4 is 14.2 Å². The molecule has 0 amide bonds. The summed E-state index contributed by atoms with van der Waals surface area (Å²) in [5, 5.41) is 0. The van der Waals surface area contributed by atoms with Crippen LogP contribution in [-0.2, 0) is 6.42 Å². The maximum atomic E-state index is 5.35. The molecule has 4 heteroatoms. The smallest absolute Gasteiger partial charge is 0.122 e. The van der Waals surface area contributed by atoms with Crippen LogP contribution in [0.2, 0.25) is 0 Å². The molecule has 0 unspecified atom stereocenters. The van der Waals surface area contributed by atoms with Gasteiger partial charge < -0.3 is 9.47 Å². The van der Waals surface area contributed by atoms with Crippen molar-refractivity contribution in [1.29, 1.82) is 0 Å². The molecule has 1 N–H and O–H groups in total.